The molecule has 1 amide bonds. The maximum absolute atomic E-state index is 11.8. The molecule has 0 aliphatic rings. The highest BCUT2D eigenvalue weighted by atomic mass is 32.2. The van der Waals surface area contributed by atoms with E-state index in [1.807, 2.05) is 13.8 Å². The number of hydrogen-bond donors (Lipinski definition) is 1. The van der Waals surface area contributed by atoms with Crippen molar-refractivity contribution in [3.63, 3.8) is 0 Å². The predicted molar refractivity (Wildman–Crippen MR) is 72.6 cm³/mol. The van der Waals surface area contributed by atoms with Gasteiger partial charge in [0.25, 0.3) is 0 Å². The highest BCUT2D eigenvalue weighted by Gasteiger charge is 2.21. The monoisotopic (exact) mass is 280 g/mol. The van der Waals surface area contributed by atoms with E-state index in [-0.39, 0.29) is 10.9 Å². The molecule has 0 atom stereocenters. The standard InChI is InChI=1S/C10H20N2O3S2/c1-3-5-12(6-4-2)10(13)8-17(14,15)7-9(11)16/h3-8H2,1-2H3,(H2,11,16). The van der Waals surface area contributed by atoms with Gasteiger partial charge in [-0.3, -0.25) is 4.79 Å². The van der Waals surface area contributed by atoms with E-state index in [0.717, 1.165) is 12.8 Å². The van der Waals surface area contributed by atoms with Crippen LogP contribution in [0.1, 0.15) is 26.7 Å². The number of carbonyl (C=O) groups excluding carboxylic acids is 1. The van der Waals surface area contributed by atoms with Crippen LogP contribution in [0.25, 0.3) is 0 Å². The van der Waals surface area contributed by atoms with Gasteiger partial charge < -0.3 is 10.6 Å². The average Bonchev–Trinajstić information content (AvgIpc) is 2.14. The Morgan fingerprint density at radius 1 is 1.18 bits per heavy atom. The fraction of sp³-hybridized carbons (Fsp3) is 0.800. The predicted octanol–water partition coefficient (Wildman–Crippen LogP) is 0.336. The summed E-state index contributed by atoms with van der Waals surface area (Å²) in [4.78, 5) is 13.2. The van der Waals surface area contributed by atoms with Gasteiger partial charge in [0.2, 0.25) is 5.91 Å². The van der Waals surface area contributed by atoms with E-state index in [1.54, 1.807) is 4.90 Å². The number of rotatable bonds is 8. The Bertz CT molecular complexity index is 360. The minimum Gasteiger partial charge on any atom is -0.392 e. The second-order valence-electron chi connectivity index (χ2n) is 3.88. The third-order valence-electron chi connectivity index (χ3n) is 2.05. The van der Waals surface area contributed by atoms with E-state index >= 15 is 0 Å². The molecule has 0 unspecified atom stereocenters. The Balaban J connectivity index is 4.53. The van der Waals surface area contributed by atoms with Crippen LogP contribution in [0.4, 0.5) is 0 Å². The average molecular weight is 280 g/mol. The third kappa shape index (κ3) is 7.27. The van der Waals surface area contributed by atoms with Crippen LogP contribution in [0.3, 0.4) is 0 Å². The van der Waals surface area contributed by atoms with Crippen LogP contribution in [-0.2, 0) is 14.6 Å². The number of sulfone groups is 1. The van der Waals surface area contributed by atoms with E-state index in [9.17, 15) is 13.2 Å². The summed E-state index contributed by atoms with van der Waals surface area (Å²) in [6, 6.07) is 0. The first kappa shape index (κ1) is 16.3. The van der Waals surface area contributed by atoms with Crippen molar-refractivity contribution in [3.8, 4) is 0 Å². The van der Waals surface area contributed by atoms with Gasteiger partial charge in [-0.25, -0.2) is 8.42 Å². The van der Waals surface area contributed by atoms with Gasteiger partial charge in [-0.2, -0.15) is 0 Å². The highest BCUT2D eigenvalue weighted by Crippen LogP contribution is 2.00. The molecule has 0 fully saturated rings. The molecule has 0 aromatic carbocycles. The molecule has 0 bridgehead atoms. The Kier molecular flexibility index (Phi) is 7.29. The Hall–Kier alpha value is -0.690. The second kappa shape index (κ2) is 7.60. The van der Waals surface area contributed by atoms with E-state index in [4.69, 9.17) is 5.73 Å². The van der Waals surface area contributed by atoms with Crippen molar-refractivity contribution in [1.82, 2.24) is 4.90 Å². The third-order valence-corrected chi connectivity index (χ3v) is 3.81. The lowest BCUT2D eigenvalue weighted by Crippen LogP contribution is -2.38. The lowest BCUT2D eigenvalue weighted by molar-refractivity contribution is -0.128. The van der Waals surface area contributed by atoms with Crippen molar-refractivity contribution in [2.24, 2.45) is 5.73 Å². The lowest BCUT2D eigenvalue weighted by Gasteiger charge is -2.21. The van der Waals surface area contributed by atoms with Crippen molar-refractivity contribution in [3.05, 3.63) is 0 Å². The van der Waals surface area contributed by atoms with Crippen LogP contribution in [0, 0.1) is 0 Å². The molecule has 0 aromatic rings. The summed E-state index contributed by atoms with van der Waals surface area (Å²) < 4.78 is 23.1. The van der Waals surface area contributed by atoms with E-state index in [0.29, 0.717) is 13.1 Å². The molecule has 7 heteroatoms. The fourth-order valence-electron chi connectivity index (χ4n) is 1.45. The Morgan fingerprint density at radius 3 is 2.00 bits per heavy atom. The molecular weight excluding hydrogens is 260 g/mol. The molecule has 0 heterocycles. The van der Waals surface area contributed by atoms with Gasteiger partial charge in [0.1, 0.15) is 11.5 Å². The van der Waals surface area contributed by atoms with Gasteiger partial charge in [-0.15, -0.1) is 0 Å². The molecule has 5 nitrogen and oxygen atoms in total. The lowest BCUT2D eigenvalue weighted by atomic mass is 10.3. The normalized spacial score (nSPS) is 11.2. The first-order valence-electron chi connectivity index (χ1n) is 5.58. The summed E-state index contributed by atoms with van der Waals surface area (Å²) in [7, 11) is -3.52. The Labute approximate surface area is 108 Å². The van der Waals surface area contributed by atoms with Crippen molar-refractivity contribution in [2.75, 3.05) is 24.6 Å². The SMILES string of the molecule is CCCN(CCC)C(=O)CS(=O)(=O)CC(N)=S. The summed E-state index contributed by atoms with van der Waals surface area (Å²) in [5, 5.41) is 0. The van der Waals surface area contributed by atoms with E-state index in [2.05, 4.69) is 12.2 Å². The van der Waals surface area contributed by atoms with Gasteiger partial charge in [0, 0.05) is 13.1 Å². The summed E-state index contributed by atoms with van der Waals surface area (Å²) in [6.45, 7) is 5.05. The molecule has 0 rings (SSSR count). The molecular formula is C10H20N2O3S2. The first-order valence-corrected chi connectivity index (χ1v) is 7.81. The van der Waals surface area contributed by atoms with Crippen molar-refractivity contribution in [1.29, 1.82) is 0 Å². The van der Waals surface area contributed by atoms with Crippen LogP contribution < -0.4 is 5.73 Å². The summed E-state index contributed by atoms with van der Waals surface area (Å²) in [5.74, 6) is -1.28. The molecule has 0 saturated carbocycles. The smallest absolute Gasteiger partial charge is 0.237 e. The zero-order valence-electron chi connectivity index (χ0n) is 10.3. The first-order chi connectivity index (χ1) is 7.82. The van der Waals surface area contributed by atoms with Gasteiger partial charge in [0.15, 0.2) is 9.84 Å². The van der Waals surface area contributed by atoms with Crippen LogP contribution in [0.2, 0.25) is 0 Å². The zero-order valence-corrected chi connectivity index (χ0v) is 11.9. The van der Waals surface area contributed by atoms with Gasteiger partial charge >= 0.3 is 0 Å². The van der Waals surface area contributed by atoms with Crippen LogP contribution in [-0.4, -0.2) is 48.8 Å². The molecule has 0 aromatic heterocycles. The number of thiocarbonyl (C=S) groups is 1. The molecule has 2 N–H and O–H groups in total. The number of hydrogen-bond acceptors (Lipinski definition) is 4. The fourth-order valence-corrected chi connectivity index (χ4v) is 3.08. The van der Waals surface area contributed by atoms with Crippen molar-refractivity contribution >= 4 is 33.0 Å². The summed E-state index contributed by atoms with van der Waals surface area (Å²) in [5.41, 5.74) is 5.18. The highest BCUT2D eigenvalue weighted by molar-refractivity contribution is 7.94. The van der Waals surface area contributed by atoms with Crippen LogP contribution in [0.15, 0.2) is 0 Å². The summed E-state index contributed by atoms with van der Waals surface area (Å²) >= 11 is 4.54. The van der Waals surface area contributed by atoms with Gasteiger partial charge in [-0.1, -0.05) is 26.1 Å². The maximum Gasteiger partial charge on any atom is 0.237 e. The maximum atomic E-state index is 11.8. The number of amides is 1. The van der Waals surface area contributed by atoms with Crippen LogP contribution >= 0.6 is 12.2 Å². The number of nitrogens with two attached hydrogens (primary N) is 1. The number of nitrogens with zero attached hydrogens (tertiary/aromatic N) is 1. The van der Waals surface area contributed by atoms with Gasteiger partial charge in [0.05, 0.1) is 4.99 Å². The second-order valence-corrected chi connectivity index (χ2v) is 6.47. The molecule has 0 aliphatic heterocycles. The van der Waals surface area contributed by atoms with Crippen LogP contribution in [0.5, 0.6) is 0 Å². The number of carbonyl (C=O) groups is 1. The van der Waals surface area contributed by atoms with Crippen molar-refractivity contribution in [2.45, 2.75) is 26.7 Å². The quantitative estimate of drug-likeness (QED) is 0.648. The Morgan fingerprint density at radius 2 is 1.65 bits per heavy atom. The van der Waals surface area contributed by atoms with E-state index < -0.39 is 21.3 Å². The minimum absolute atomic E-state index is 0.102. The molecule has 100 valence electrons. The molecule has 17 heavy (non-hydrogen) atoms. The largest absolute Gasteiger partial charge is 0.392 e. The molecule has 0 aliphatic carbocycles. The van der Waals surface area contributed by atoms with Gasteiger partial charge in [-0.05, 0) is 12.8 Å². The zero-order chi connectivity index (χ0) is 13.5. The molecule has 0 spiro atoms. The minimum atomic E-state index is -3.52. The van der Waals surface area contributed by atoms with Crippen molar-refractivity contribution < 1.29 is 13.2 Å². The van der Waals surface area contributed by atoms with E-state index in [1.165, 1.54) is 0 Å². The summed E-state index contributed by atoms with van der Waals surface area (Å²) in [6.07, 6.45) is 1.61. The molecule has 0 radical (unpaired) electrons. The topological polar surface area (TPSA) is 80.5 Å². The molecule has 0 saturated heterocycles.